The minimum absolute atomic E-state index is 0.0703. The van der Waals surface area contributed by atoms with Crippen LogP contribution in [0.5, 0.6) is 0 Å². The maximum absolute atomic E-state index is 12.8. The number of aromatic nitrogens is 5. The normalized spacial score (nSPS) is 11.2. The number of carbonyl (C=O) groups is 1. The highest BCUT2D eigenvalue weighted by molar-refractivity contribution is 7.21. The van der Waals surface area contributed by atoms with Crippen LogP contribution < -0.4 is 5.32 Å². The highest BCUT2D eigenvalue weighted by Gasteiger charge is 2.17. The van der Waals surface area contributed by atoms with E-state index in [0.29, 0.717) is 11.5 Å². The Kier molecular flexibility index (Phi) is 3.84. The molecule has 1 N–H and O–H groups in total. The summed E-state index contributed by atoms with van der Waals surface area (Å²) in [6, 6.07) is 17.4. The average molecular weight is 386 g/mol. The summed E-state index contributed by atoms with van der Waals surface area (Å²) in [5.41, 5.74) is 3.31. The first-order valence-electron chi connectivity index (χ1n) is 8.64. The van der Waals surface area contributed by atoms with Crippen LogP contribution in [-0.4, -0.2) is 30.5 Å². The van der Waals surface area contributed by atoms with E-state index in [2.05, 4.69) is 20.4 Å². The highest BCUT2D eigenvalue weighted by Crippen LogP contribution is 2.34. The summed E-state index contributed by atoms with van der Waals surface area (Å²) >= 11 is 1.59. The lowest BCUT2D eigenvalue weighted by Crippen LogP contribution is -2.14. The van der Waals surface area contributed by atoms with Gasteiger partial charge in [0.15, 0.2) is 0 Å². The molecule has 0 radical (unpaired) electrons. The van der Waals surface area contributed by atoms with Gasteiger partial charge in [-0.1, -0.05) is 24.3 Å². The van der Waals surface area contributed by atoms with Gasteiger partial charge in [-0.3, -0.25) is 4.79 Å². The third-order valence-corrected chi connectivity index (χ3v) is 5.40. The number of benzene rings is 2. The monoisotopic (exact) mass is 386 g/mol. The van der Waals surface area contributed by atoms with Crippen LogP contribution in [0.25, 0.3) is 26.6 Å². The second-order valence-corrected chi connectivity index (χ2v) is 7.25. The summed E-state index contributed by atoms with van der Waals surface area (Å²) in [6.45, 7) is 1.88. The molecule has 0 saturated heterocycles. The maximum atomic E-state index is 12.8. The van der Waals surface area contributed by atoms with Gasteiger partial charge in [0, 0.05) is 17.5 Å². The minimum atomic E-state index is -0.390. The molecule has 8 heteroatoms. The largest absolute Gasteiger partial charge is 0.319 e. The van der Waals surface area contributed by atoms with Crippen LogP contribution in [0.15, 0.2) is 60.8 Å². The van der Waals surface area contributed by atoms with Gasteiger partial charge in [-0.15, -0.1) is 16.4 Å². The fraction of sp³-hybridized carbons (Fsp3) is 0.0500. The second-order valence-electron chi connectivity index (χ2n) is 6.22. The van der Waals surface area contributed by atoms with Crippen molar-refractivity contribution in [2.75, 3.05) is 5.32 Å². The number of aryl methyl sites for hydroxylation is 1. The van der Waals surface area contributed by atoms with Gasteiger partial charge >= 0.3 is 0 Å². The number of rotatable bonds is 3. The van der Waals surface area contributed by atoms with Crippen molar-refractivity contribution in [1.29, 1.82) is 0 Å². The lowest BCUT2D eigenvalue weighted by molar-refractivity contribution is 0.101. The van der Waals surface area contributed by atoms with Crippen LogP contribution in [0.3, 0.4) is 0 Å². The number of anilines is 1. The summed E-state index contributed by atoms with van der Waals surface area (Å²) in [5, 5.41) is 8.02. The van der Waals surface area contributed by atoms with Crippen LogP contribution in [0, 0.1) is 6.92 Å². The van der Waals surface area contributed by atoms with Crippen molar-refractivity contribution in [3.05, 3.63) is 72.3 Å². The standard InChI is InChI=1S/C20H14N6OS/c1-12-10-11-21-20-24-17(25-26(12)20)18(27)22-14-7-3-2-6-13(14)19-23-15-8-4-5-9-16(15)28-19/h2-11H,1H3,(H,22,27). The van der Waals surface area contributed by atoms with Crippen LogP contribution in [0.4, 0.5) is 5.69 Å². The average Bonchev–Trinajstić information content (AvgIpc) is 3.33. The van der Waals surface area contributed by atoms with Crippen molar-refractivity contribution in [3.63, 3.8) is 0 Å². The van der Waals surface area contributed by atoms with Gasteiger partial charge in [0.05, 0.1) is 15.9 Å². The predicted octanol–water partition coefficient (Wildman–Crippen LogP) is 3.96. The molecule has 28 heavy (non-hydrogen) atoms. The third kappa shape index (κ3) is 2.80. The molecule has 0 atom stereocenters. The Morgan fingerprint density at radius 1 is 1.04 bits per heavy atom. The molecule has 0 spiro atoms. The maximum Gasteiger partial charge on any atom is 0.295 e. The number of fused-ring (bicyclic) bond motifs is 2. The van der Waals surface area contributed by atoms with E-state index in [0.717, 1.165) is 26.5 Å². The van der Waals surface area contributed by atoms with Gasteiger partial charge in [-0.2, -0.15) is 4.98 Å². The molecule has 2 aromatic carbocycles. The molecule has 0 aliphatic carbocycles. The van der Waals surface area contributed by atoms with Crippen LogP contribution in [-0.2, 0) is 0 Å². The molecule has 7 nitrogen and oxygen atoms in total. The Labute approximate surface area is 163 Å². The van der Waals surface area contributed by atoms with Gasteiger partial charge in [0.2, 0.25) is 5.82 Å². The Balaban J connectivity index is 1.51. The number of nitrogens with zero attached hydrogens (tertiary/aromatic N) is 5. The molecule has 0 aliphatic rings. The molecule has 0 unspecified atom stereocenters. The minimum Gasteiger partial charge on any atom is -0.319 e. The Morgan fingerprint density at radius 2 is 1.86 bits per heavy atom. The smallest absolute Gasteiger partial charge is 0.295 e. The van der Waals surface area contributed by atoms with Crippen molar-refractivity contribution in [3.8, 4) is 10.6 Å². The van der Waals surface area contributed by atoms with E-state index >= 15 is 0 Å². The SMILES string of the molecule is Cc1ccnc2nc(C(=O)Nc3ccccc3-c3nc4ccccc4s3)nn12. The second kappa shape index (κ2) is 6.50. The molecule has 5 aromatic rings. The first-order chi connectivity index (χ1) is 13.7. The van der Waals surface area contributed by atoms with E-state index in [1.165, 1.54) is 0 Å². The number of hydrogen-bond donors (Lipinski definition) is 1. The summed E-state index contributed by atoms with van der Waals surface area (Å²) in [4.78, 5) is 25.8. The molecule has 5 rings (SSSR count). The topological polar surface area (TPSA) is 85.1 Å². The highest BCUT2D eigenvalue weighted by atomic mass is 32.1. The van der Waals surface area contributed by atoms with Crippen LogP contribution in [0.2, 0.25) is 0 Å². The number of carbonyl (C=O) groups excluding carboxylic acids is 1. The number of para-hydroxylation sites is 2. The lowest BCUT2D eigenvalue weighted by Gasteiger charge is -2.07. The zero-order valence-electron chi connectivity index (χ0n) is 14.8. The quantitative estimate of drug-likeness (QED) is 0.507. The summed E-state index contributed by atoms with van der Waals surface area (Å²) in [6.07, 6.45) is 1.64. The van der Waals surface area contributed by atoms with Crippen molar-refractivity contribution < 1.29 is 4.79 Å². The van der Waals surface area contributed by atoms with Gasteiger partial charge in [-0.25, -0.2) is 14.5 Å². The summed E-state index contributed by atoms with van der Waals surface area (Å²) in [7, 11) is 0. The fourth-order valence-electron chi connectivity index (χ4n) is 2.95. The lowest BCUT2D eigenvalue weighted by atomic mass is 10.2. The molecule has 136 valence electrons. The van der Waals surface area contributed by atoms with E-state index in [1.54, 1.807) is 22.0 Å². The molecule has 0 bridgehead atoms. The van der Waals surface area contributed by atoms with E-state index in [4.69, 9.17) is 4.98 Å². The third-order valence-electron chi connectivity index (χ3n) is 4.33. The molecule has 0 aliphatic heterocycles. The van der Waals surface area contributed by atoms with Gasteiger partial charge in [0.25, 0.3) is 11.7 Å². The number of hydrogen-bond acceptors (Lipinski definition) is 6. The number of nitrogens with one attached hydrogen (secondary N) is 1. The molecular weight excluding hydrogens is 372 g/mol. The van der Waals surface area contributed by atoms with E-state index in [1.807, 2.05) is 61.5 Å². The van der Waals surface area contributed by atoms with Gasteiger partial charge in [-0.05, 0) is 37.3 Å². The number of thiazole rings is 1. The first kappa shape index (κ1) is 16.5. The van der Waals surface area contributed by atoms with Gasteiger partial charge in [0.1, 0.15) is 5.01 Å². The molecule has 0 saturated carbocycles. The Morgan fingerprint density at radius 3 is 2.71 bits per heavy atom. The van der Waals surface area contributed by atoms with Gasteiger partial charge < -0.3 is 5.32 Å². The van der Waals surface area contributed by atoms with E-state index in [9.17, 15) is 4.79 Å². The predicted molar refractivity (Wildman–Crippen MR) is 109 cm³/mol. The first-order valence-corrected chi connectivity index (χ1v) is 9.45. The van der Waals surface area contributed by atoms with Crippen molar-refractivity contribution in [2.24, 2.45) is 0 Å². The molecule has 0 fully saturated rings. The van der Waals surface area contributed by atoms with Crippen molar-refractivity contribution >= 4 is 38.9 Å². The zero-order valence-corrected chi connectivity index (χ0v) is 15.6. The molecule has 3 aromatic heterocycles. The van der Waals surface area contributed by atoms with E-state index in [-0.39, 0.29) is 5.82 Å². The van der Waals surface area contributed by atoms with Crippen LogP contribution in [0.1, 0.15) is 16.3 Å². The fourth-order valence-corrected chi connectivity index (χ4v) is 3.95. The van der Waals surface area contributed by atoms with E-state index < -0.39 is 5.91 Å². The van der Waals surface area contributed by atoms with Crippen molar-refractivity contribution in [2.45, 2.75) is 6.92 Å². The molecule has 1 amide bonds. The zero-order chi connectivity index (χ0) is 19.1. The number of amides is 1. The van der Waals surface area contributed by atoms with Crippen molar-refractivity contribution in [1.82, 2.24) is 24.6 Å². The molecular formula is C20H14N6OS. The summed E-state index contributed by atoms with van der Waals surface area (Å²) < 4.78 is 2.65. The Hall–Kier alpha value is -3.65. The Bertz CT molecular complexity index is 1310. The molecule has 3 heterocycles. The summed E-state index contributed by atoms with van der Waals surface area (Å²) in [5.74, 6) is 0.0731. The van der Waals surface area contributed by atoms with Crippen LogP contribution >= 0.6 is 11.3 Å².